The SMILES string of the molecule is C=S(=O)(NC1CCC(C(=O)Nc2ccc(N3CC(C)O[C@H](C)C3)cc2)CC1)C(C)(C)C. The summed E-state index contributed by atoms with van der Waals surface area (Å²) in [5.41, 5.74) is 1.99. The number of rotatable bonds is 5. The minimum absolute atomic E-state index is 0.00540. The molecule has 3 rings (SSSR count). The summed E-state index contributed by atoms with van der Waals surface area (Å²) in [4.78, 5) is 15.1. The highest BCUT2D eigenvalue weighted by Gasteiger charge is 2.31. The van der Waals surface area contributed by atoms with Crippen LogP contribution < -0.4 is 14.9 Å². The molecule has 174 valence electrons. The Morgan fingerprint density at radius 1 is 1.06 bits per heavy atom. The highest BCUT2D eigenvalue weighted by atomic mass is 32.2. The Balaban J connectivity index is 1.50. The largest absolute Gasteiger partial charge is 0.372 e. The summed E-state index contributed by atoms with van der Waals surface area (Å²) in [6, 6.07) is 8.25. The van der Waals surface area contributed by atoms with Crippen LogP contribution in [-0.2, 0) is 19.2 Å². The molecule has 1 aromatic carbocycles. The second-order valence-corrected chi connectivity index (χ2v) is 13.0. The van der Waals surface area contributed by atoms with Gasteiger partial charge in [0, 0.05) is 50.9 Å². The third-order valence-electron chi connectivity index (χ3n) is 6.36. The lowest BCUT2D eigenvalue weighted by atomic mass is 9.86. The van der Waals surface area contributed by atoms with Crippen LogP contribution in [0.3, 0.4) is 0 Å². The Labute approximate surface area is 188 Å². The fourth-order valence-electron chi connectivity index (χ4n) is 4.31. The summed E-state index contributed by atoms with van der Waals surface area (Å²) in [7, 11) is -2.37. The number of benzene rings is 1. The van der Waals surface area contributed by atoms with Crippen molar-refractivity contribution in [2.45, 2.75) is 83.3 Å². The molecular formula is C24H39N3O3S. The second-order valence-electron chi connectivity index (χ2n) is 10.2. The first kappa shape index (κ1) is 24.1. The predicted molar refractivity (Wildman–Crippen MR) is 131 cm³/mol. The van der Waals surface area contributed by atoms with E-state index in [2.05, 4.69) is 46.8 Å². The van der Waals surface area contributed by atoms with Gasteiger partial charge in [-0.3, -0.25) is 9.00 Å². The monoisotopic (exact) mass is 449 g/mol. The van der Waals surface area contributed by atoms with E-state index in [1.54, 1.807) is 0 Å². The van der Waals surface area contributed by atoms with E-state index in [0.717, 1.165) is 50.1 Å². The zero-order valence-corrected chi connectivity index (χ0v) is 20.5. The molecule has 2 N–H and O–H groups in total. The van der Waals surface area contributed by atoms with Crippen molar-refractivity contribution in [1.82, 2.24) is 4.72 Å². The molecule has 1 heterocycles. The summed E-state index contributed by atoms with van der Waals surface area (Å²) in [5.74, 6) is 3.99. The van der Waals surface area contributed by atoms with Gasteiger partial charge in [-0.1, -0.05) is 0 Å². The number of morpholine rings is 1. The highest BCUT2D eigenvalue weighted by Crippen LogP contribution is 2.28. The third kappa shape index (κ3) is 6.24. The first-order valence-electron chi connectivity index (χ1n) is 11.4. The van der Waals surface area contributed by atoms with Gasteiger partial charge in [0.25, 0.3) is 0 Å². The van der Waals surface area contributed by atoms with Gasteiger partial charge in [0.1, 0.15) is 0 Å². The van der Waals surface area contributed by atoms with Crippen molar-refractivity contribution in [2.24, 2.45) is 5.92 Å². The van der Waals surface area contributed by atoms with Crippen LogP contribution in [0, 0.1) is 5.92 Å². The molecule has 2 fully saturated rings. The van der Waals surface area contributed by atoms with Gasteiger partial charge in [-0.25, -0.2) is 4.72 Å². The van der Waals surface area contributed by atoms with E-state index in [1.165, 1.54) is 0 Å². The molecular weight excluding hydrogens is 410 g/mol. The molecule has 31 heavy (non-hydrogen) atoms. The van der Waals surface area contributed by atoms with Gasteiger partial charge < -0.3 is 15.0 Å². The van der Waals surface area contributed by atoms with E-state index in [4.69, 9.17) is 4.74 Å². The number of carbonyl (C=O) groups is 1. The normalized spacial score (nSPS) is 29.3. The van der Waals surface area contributed by atoms with Gasteiger partial charge in [-0.05, 0) is 90.4 Å². The molecule has 1 aliphatic heterocycles. The molecule has 0 bridgehead atoms. The summed E-state index contributed by atoms with van der Waals surface area (Å²) in [6.07, 6.45) is 3.70. The predicted octanol–water partition coefficient (Wildman–Crippen LogP) is 3.82. The number of anilines is 2. The molecule has 1 aliphatic carbocycles. The minimum Gasteiger partial charge on any atom is -0.372 e. The topological polar surface area (TPSA) is 70.7 Å². The highest BCUT2D eigenvalue weighted by molar-refractivity contribution is 7.99. The fraction of sp³-hybridized carbons (Fsp3) is 0.667. The molecule has 6 nitrogen and oxygen atoms in total. The van der Waals surface area contributed by atoms with Crippen LogP contribution in [0.2, 0.25) is 0 Å². The number of nitrogens with one attached hydrogen (secondary N) is 2. The molecule has 1 saturated heterocycles. The van der Waals surface area contributed by atoms with E-state index in [-0.39, 0.29) is 34.8 Å². The quantitative estimate of drug-likeness (QED) is 0.671. The Bertz CT molecular complexity index is 843. The van der Waals surface area contributed by atoms with Gasteiger partial charge in [0.2, 0.25) is 5.91 Å². The average Bonchev–Trinajstić information content (AvgIpc) is 2.67. The number of nitrogens with zero attached hydrogens (tertiary/aromatic N) is 1. The first-order chi connectivity index (χ1) is 14.4. The minimum atomic E-state index is -2.37. The Morgan fingerprint density at radius 3 is 2.13 bits per heavy atom. The standard InChI is InChI=1S/C24H39N3O3S/c1-17-15-27(16-18(2)30-17)22-13-11-20(12-14-22)25-23(28)19-7-9-21(10-8-19)26-31(6,29)24(3,4)5/h11-14,17-19,21H,6-10,15-16H2,1-5H3,(H,25,28)(H,26,29)/t17-,18?,19?,21?,31?/m1/s1. The molecule has 1 amide bonds. The molecule has 1 saturated carbocycles. The molecule has 7 heteroatoms. The van der Waals surface area contributed by atoms with Gasteiger partial charge in [0.15, 0.2) is 0 Å². The van der Waals surface area contributed by atoms with Gasteiger partial charge in [-0.15, -0.1) is 0 Å². The number of carbonyl (C=O) groups excluding carboxylic acids is 1. The lowest BCUT2D eigenvalue weighted by molar-refractivity contribution is -0.120. The summed E-state index contributed by atoms with van der Waals surface area (Å²) >= 11 is 0. The summed E-state index contributed by atoms with van der Waals surface area (Å²) in [5, 5.41) is 3.08. The van der Waals surface area contributed by atoms with E-state index in [0.29, 0.717) is 0 Å². The van der Waals surface area contributed by atoms with Crippen LogP contribution in [0.4, 0.5) is 11.4 Å². The lowest BCUT2D eigenvalue weighted by Crippen LogP contribution is -2.46. The van der Waals surface area contributed by atoms with E-state index in [1.807, 2.05) is 32.9 Å². The molecule has 2 aliphatic rings. The van der Waals surface area contributed by atoms with Crippen LogP contribution >= 0.6 is 0 Å². The maximum absolute atomic E-state index is 12.8. The number of ether oxygens (including phenoxy) is 1. The number of hydrogen-bond donors (Lipinski definition) is 2. The number of amides is 1. The molecule has 3 atom stereocenters. The van der Waals surface area contributed by atoms with E-state index in [9.17, 15) is 9.00 Å². The van der Waals surface area contributed by atoms with Gasteiger partial charge in [0.05, 0.1) is 12.2 Å². The Kier molecular flexibility index (Phi) is 7.39. The average molecular weight is 450 g/mol. The van der Waals surface area contributed by atoms with Gasteiger partial charge in [-0.2, -0.15) is 0 Å². The second kappa shape index (κ2) is 9.51. The molecule has 0 radical (unpaired) electrons. The zero-order chi connectivity index (χ0) is 22.8. The zero-order valence-electron chi connectivity index (χ0n) is 19.6. The Hall–Kier alpha value is -1.57. The molecule has 0 aromatic heterocycles. The molecule has 1 aromatic rings. The lowest BCUT2D eigenvalue weighted by Gasteiger charge is -2.37. The maximum Gasteiger partial charge on any atom is 0.227 e. The summed E-state index contributed by atoms with van der Waals surface area (Å²) < 4.78 is 21.5. The van der Waals surface area contributed by atoms with Crippen LogP contribution in [0.5, 0.6) is 0 Å². The van der Waals surface area contributed by atoms with Crippen molar-refractivity contribution in [2.75, 3.05) is 23.3 Å². The number of hydrogen-bond acceptors (Lipinski definition) is 4. The van der Waals surface area contributed by atoms with E-state index >= 15 is 0 Å². The van der Waals surface area contributed by atoms with Crippen LogP contribution in [0.25, 0.3) is 0 Å². The fourth-order valence-corrected chi connectivity index (χ4v) is 5.44. The molecule has 0 spiro atoms. The van der Waals surface area contributed by atoms with Crippen LogP contribution in [-0.4, -0.2) is 52.1 Å². The molecule has 2 unspecified atom stereocenters. The maximum atomic E-state index is 12.8. The van der Waals surface area contributed by atoms with Crippen molar-refractivity contribution in [3.8, 4) is 0 Å². The summed E-state index contributed by atoms with van der Waals surface area (Å²) in [6.45, 7) is 11.8. The van der Waals surface area contributed by atoms with Crippen molar-refractivity contribution >= 4 is 32.9 Å². The van der Waals surface area contributed by atoms with Crippen LogP contribution in [0.15, 0.2) is 24.3 Å². The third-order valence-corrected chi connectivity index (χ3v) is 9.06. The van der Waals surface area contributed by atoms with Crippen molar-refractivity contribution in [3.05, 3.63) is 24.3 Å². The van der Waals surface area contributed by atoms with Crippen LogP contribution in [0.1, 0.15) is 60.3 Å². The van der Waals surface area contributed by atoms with E-state index < -0.39 is 9.71 Å². The van der Waals surface area contributed by atoms with Crippen molar-refractivity contribution < 1.29 is 13.7 Å². The van der Waals surface area contributed by atoms with Crippen molar-refractivity contribution in [1.29, 1.82) is 0 Å². The van der Waals surface area contributed by atoms with Gasteiger partial charge >= 0.3 is 0 Å². The van der Waals surface area contributed by atoms with Crippen molar-refractivity contribution in [3.63, 3.8) is 0 Å². The Morgan fingerprint density at radius 2 is 1.61 bits per heavy atom. The smallest absolute Gasteiger partial charge is 0.227 e. The first-order valence-corrected chi connectivity index (χ1v) is 13.1.